The molecule has 0 bridgehead atoms. The molecule has 0 radical (unpaired) electrons. The van der Waals surface area contributed by atoms with Crippen molar-refractivity contribution in [1.82, 2.24) is 0 Å². The van der Waals surface area contributed by atoms with E-state index in [0.717, 1.165) is 38.5 Å². The highest BCUT2D eigenvalue weighted by Gasteiger charge is 2.68. The fraction of sp³-hybridized carbons (Fsp3) is 0.955. The summed E-state index contributed by atoms with van der Waals surface area (Å²) in [5, 5.41) is 21.6. The molecule has 3 nitrogen and oxygen atoms in total. The number of hydrogen-bond acceptors (Lipinski definition) is 3. The van der Waals surface area contributed by atoms with Gasteiger partial charge >= 0.3 is 0 Å². The molecule has 4 aliphatic rings. The van der Waals surface area contributed by atoms with Gasteiger partial charge in [0, 0.05) is 5.41 Å². The fourth-order valence-corrected chi connectivity index (χ4v) is 8.33. The number of aliphatic hydroxyl groups excluding tert-OH is 1. The fourth-order valence-electron chi connectivity index (χ4n) is 8.33. The molecule has 3 heteroatoms. The molecule has 0 unspecified atom stereocenters. The molecule has 0 heterocycles. The molecule has 0 aromatic rings. The van der Waals surface area contributed by atoms with Gasteiger partial charge in [-0.1, -0.05) is 20.8 Å². The van der Waals surface area contributed by atoms with Crippen molar-refractivity contribution in [3.63, 3.8) is 0 Å². The first-order valence-corrected chi connectivity index (χ1v) is 10.6. The quantitative estimate of drug-likeness (QED) is 0.754. The highest BCUT2D eigenvalue weighted by molar-refractivity contribution is 5.86. The van der Waals surface area contributed by atoms with Crippen molar-refractivity contribution in [1.29, 1.82) is 0 Å². The van der Waals surface area contributed by atoms with Gasteiger partial charge in [0.2, 0.25) is 0 Å². The molecule has 142 valence electrons. The first kappa shape index (κ1) is 18.0. The van der Waals surface area contributed by atoms with Crippen LogP contribution in [-0.2, 0) is 4.79 Å². The lowest BCUT2D eigenvalue weighted by Crippen LogP contribution is -2.59. The van der Waals surface area contributed by atoms with Gasteiger partial charge in [-0.25, -0.2) is 0 Å². The van der Waals surface area contributed by atoms with Crippen molar-refractivity contribution in [3.8, 4) is 0 Å². The molecule has 0 aliphatic heterocycles. The molecular weight excluding hydrogens is 312 g/mol. The standard InChI is InChI=1S/C22H36O3/c1-13-11-19-17-6-5-15-12-16(24)7-9-20(15,3)18(17)8-10-21(19,4)22(13,25)14(2)23/h13,15-19,24-25H,5-12H2,1-4H3/t13-,15-,16+,17-,18-,19-,20+,21+,22-/m1/s1. The Morgan fingerprint density at radius 1 is 1.00 bits per heavy atom. The highest BCUT2D eigenvalue weighted by Crippen LogP contribution is 2.69. The average Bonchev–Trinajstić information content (AvgIpc) is 2.77. The van der Waals surface area contributed by atoms with E-state index in [4.69, 9.17) is 0 Å². The van der Waals surface area contributed by atoms with Gasteiger partial charge in [0.1, 0.15) is 5.60 Å². The van der Waals surface area contributed by atoms with E-state index in [1.165, 1.54) is 12.8 Å². The van der Waals surface area contributed by atoms with Crippen LogP contribution in [0, 0.1) is 40.4 Å². The van der Waals surface area contributed by atoms with Crippen LogP contribution in [0.2, 0.25) is 0 Å². The SMILES string of the molecule is CC(=O)[C@]1(O)[C@H](C)C[C@@H]2[C@@H]3CC[C@@H]4C[C@@H](O)CC[C@]4(C)[C@@H]3CC[C@@]21C. The highest BCUT2D eigenvalue weighted by atomic mass is 16.3. The van der Waals surface area contributed by atoms with E-state index >= 15 is 0 Å². The minimum Gasteiger partial charge on any atom is -0.393 e. The van der Waals surface area contributed by atoms with Crippen LogP contribution in [-0.4, -0.2) is 27.7 Å². The Hall–Kier alpha value is -0.410. The summed E-state index contributed by atoms with van der Waals surface area (Å²) >= 11 is 0. The first-order valence-electron chi connectivity index (χ1n) is 10.6. The maximum Gasteiger partial charge on any atom is 0.162 e. The van der Waals surface area contributed by atoms with Crippen molar-refractivity contribution in [2.45, 2.75) is 90.8 Å². The van der Waals surface area contributed by atoms with Gasteiger partial charge < -0.3 is 10.2 Å². The Kier molecular flexibility index (Phi) is 3.99. The maximum atomic E-state index is 12.4. The third-order valence-corrected chi connectivity index (χ3v) is 9.76. The van der Waals surface area contributed by atoms with Crippen LogP contribution >= 0.6 is 0 Å². The topological polar surface area (TPSA) is 57.5 Å². The van der Waals surface area contributed by atoms with Gasteiger partial charge in [-0.05, 0) is 93.3 Å². The minimum atomic E-state index is -1.14. The van der Waals surface area contributed by atoms with E-state index in [-0.39, 0.29) is 23.2 Å². The van der Waals surface area contributed by atoms with Gasteiger partial charge in [-0.15, -0.1) is 0 Å². The molecule has 9 atom stereocenters. The summed E-state index contributed by atoms with van der Waals surface area (Å²) < 4.78 is 0. The van der Waals surface area contributed by atoms with Crippen molar-refractivity contribution in [3.05, 3.63) is 0 Å². The number of fused-ring (bicyclic) bond motifs is 5. The normalized spacial score (nSPS) is 58.2. The van der Waals surface area contributed by atoms with Crippen LogP contribution in [0.4, 0.5) is 0 Å². The van der Waals surface area contributed by atoms with Crippen molar-refractivity contribution in [2.24, 2.45) is 40.4 Å². The van der Waals surface area contributed by atoms with Crippen LogP contribution < -0.4 is 0 Å². The molecule has 0 aromatic carbocycles. The molecule has 0 saturated heterocycles. The summed E-state index contributed by atoms with van der Waals surface area (Å²) in [5.41, 5.74) is -1.04. The van der Waals surface area contributed by atoms with Crippen LogP contribution in [0.1, 0.15) is 79.1 Å². The van der Waals surface area contributed by atoms with Crippen LogP contribution in [0.3, 0.4) is 0 Å². The van der Waals surface area contributed by atoms with Crippen LogP contribution in [0.25, 0.3) is 0 Å². The molecular formula is C22H36O3. The van der Waals surface area contributed by atoms with Crippen LogP contribution in [0.5, 0.6) is 0 Å². The molecule has 4 rings (SSSR count). The maximum absolute atomic E-state index is 12.4. The Bertz CT molecular complexity index is 574. The Balaban J connectivity index is 1.67. The lowest BCUT2D eigenvalue weighted by molar-refractivity contribution is -0.175. The molecule has 4 saturated carbocycles. The Labute approximate surface area is 152 Å². The Morgan fingerprint density at radius 2 is 1.72 bits per heavy atom. The number of rotatable bonds is 1. The number of hydrogen-bond donors (Lipinski definition) is 2. The summed E-state index contributed by atoms with van der Waals surface area (Å²) in [4.78, 5) is 12.4. The van der Waals surface area contributed by atoms with E-state index in [1.807, 2.05) is 0 Å². The largest absolute Gasteiger partial charge is 0.393 e. The predicted octanol–water partition coefficient (Wildman–Crippen LogP) is 3.96. The summed E-state index contributed by atoms with van der Waals surface area (Å²) in [7, 11) is 0. The summed E-state index contributed by atoms with van der Waals surface area (Å²) in [5.74, 6) is 2.53. The third-order valence-electron chi connectivity index (χ3n) is 9.76. The monoisotopic (exact) mass is 348 g/mol. The summed E-state index contributed by atoms with van der Waals surface area (Å²) in [6.45, 7) is 8.37. The summed E-state index contributed by atoms with van der Waals surface area (Å²) in [6.07, 6.45) is 8.53. The number of Topliss-reactive ketones (excluding diaryl/α,β-unsaturated/α-hetero) is 1. The second kappa shape index (κ2) is 5.55. The molecule has 25 heavy (non-hydrogen) atoms. The number of ketones is 1. The molecule has 2 N–H and O–H groups in total. The number of carbonyl (C=O) groups is 1. The van der Waals surface area contributed by atoms with Crippen molar-refractivity contribution < 1.29 is 15.0 Å². The van der Waals surface area contributed by atoms with E-state index in [2.05, 4.69) is 20.8 Å². The van der Waals surface area contributed by atoms with E-state index in [9.17, 15) is 15.0 Å². The molecule has 0 aromatic heterocycles. The third kappa shape index (κ3) is 2.15. The summed E-state index contributed by atoms with van der Waals surface area (Å²) in [6, 6.07) is 0. The zero-order valence-corrected chi connectivity index (χ0v) is 16.4. The first-order chi connectivity index (χ1) is 11.6. The zero-order valence-electron chi connectivity index (χ0n) is 16.4. The number of carbonyl (C=O) groups excluding carboxylic acids is 1. The average molecular weight is 349 g/mol. The molecule has 4 fully saturated rings. The van der Waals surface area contributed by atoms with E-state index < -0.39 is 5.60 Å². The number of aliphatic hydroxyl groups is 2. The predicted molar refractivity (Wildman–Crippen MR) is 97.9 cm³/mol. The lowest BCUT2D eigenvalue weighted by Gasteiger charge is -2.61. The second-order valence-electron chi connectivity index (χ2n) is 10.5. The van der Waals surface area contributed by atoms with Crippen molar-refractivity contribution >= 4 is 5.78 Å². The van der Waals surface area contributed by atoms with Crippen molar-refractivity contribution in [2.75, 3.05) is 0 Å². The Morgan fingerprint density at radius 3 is 2.40 bits per heavy atom. The van der Waals surface area contributed by atoms with Gasteiger partial charge in [0.15, 0.2) is 5.78 Å². The second-order valence-corrected chi connectivity index (χ2v) is 10.5. The smallest absolute Gasteiger partial charge is 0.162 e. The van der Waals surface area contributed by atoms with Gasteiger partial charge in [0.25, 0.3) is 0 Å². The van der Waals surface area contributed by atoms with E-state index in [1.54, 1.807) is 6.92 Å². The van der Waals surface area contributed by atoms with Gasteiger partial charge in [0.05, 0.1) is 6.10 Å². The van der Waals surface area contributed by atoms with Crippen LogP contribution in [0.15, 0.2) is 0 Å². The lowest BCUT2D eigenvalue weighted by atomic mass is 9.44. The van der Waals surface area contributed by atoms with E-state index in [0.29, 0.717) is 29.1 Å². The molecule has 0 amide bonds. The van der Waals surface area contributed by atoms with Gasteiger partial charge in [-0.2, -0.15) is 0 Å². The molecule has 0 spiro atoms. The minimum absolute atomic E-state index is 0.0239. The van der Waals surface area contributed by atoms with Gasteiger partial charge in [-0.3, -0.25) is 4.79 Å². The molecule has 4 aliphatic carbocycles. The zero-order chi connectivity index (χ0) is 18.2.